The van der Waals surface area contributed by atoms with Crippen LogP contribution < -0.4 is 5.32 Å². The van der Waals surface area contributed by atoms with Gasteiger partial charge in [0.15, 0.2) is 0 Å². The van der Waals surface area contributed by atoms with E-state index < -0.39 is 0 Å². The first-order chi connectivity index (χ1) is 8.31. The van der Waals surface area contributed by atoms with Crippen LogP contribution in [0.3, 0.4) is 0 Å². The van der Waals surface area contributed by atoms with Gasteiger partial charge in [0.1, 0.15) is 0 Å². The number of nitrogens with zero attached hydrogens (tertiary/aromatic N) is 1. The summed E-state index contributed by atoms with van der Waals surface area (Å²) in [4.78, 5) is 14.0. The molecule has 3 heteroatoms. The molecule has 1 aromatic carbocycles. The van der Waals surface area contributed by atoms with Gasteiger partial charge in [-0.05, 0) is 24.9 Å². The van der Waals surface area contributed by atoms with E-state index in [2.05, 4.69) is 17.4 Å². The molecule has 92 valence electrons. The first-order valence-corrected chi connectivity index (χ1v) is 6.37. The summed E-state index contributed by atoms with van der Waals surface area (Å²) in [5.74, 6) is 0.266. The molecule has 0 radical (unpaired) electrons. The van der Waals surface area contributed by atoms with Crippen LogP contribution in [-0.4, -0.2) is 36.5 Å². The van der Waals surface area contributed by atoms with Gasteiger partial charge in [0.05, 0.1) is 6.04 Å². The Balaban J connectivity index is 1.83. The first kappa shape index (κ1) is 12.1. The number of rotatable bonds is 5. The number of carbonyl (C=O) groups excluding carboxylic acids is 1. The van der Waals surface area contributed by atoms with Crippen molar-refractivity contribution in [2.75, 3.05) is 19.6 Å². The standard InChI is InChI=1S/C14H20N2O/c1-2-15-13-9-11-16(14(13)17)10-8-12-6-4-3-5-7-12/h3-7,13,15H,2,8-11H2,1H3. The Kier molecular flexibility index (Phi) is 4.15. The van der Waals surface area contributed by atoms with Crippen LogP contribution in [0.25, 0.3) is 0 Å². The number of benzene rings is 1. The maximum Gasteiger partial charge on any atom is 0.239 e. The molecule has 0 aliphatic carbocycles. The van der Waals surface area contributed by atoms with E-state index in [0.717, 1.165) is 32.5 Å². The van der Waals surface area contributed by atoms with E-state index in [-0.39, 0.29) is 11.9 Å². The predicted octanol–water partition coefficient (Wildman–Crippen LogP) is 1.44. The third-order valence-electron chi connectivity index (χ3n) is 3.26. The molecule has 0 aromatic heterocycles. The largest absolute Gasteiger partial charge is 0.341 e. The van der Waals surface area contributed by atoms with Crippen molar-refractivity contribution in [3.05, 3.63) is 35.9 Å². The molecule has 1 fully saturated rings. The molecule has 1 N–H and O–H groups in total. The van der Waals surface area contributed by atoms with Crippen molar-refractivity contribution < 1.29 is 4.79 Å². The van der Waals surface area contributed by atoms with E-state index in [9.17, 15) is 4.79 Å². The van der Waals surface area contributed by atoms with Crippen LogP contribution in [0.5, 0.6) is 0 Å². The highest BCUT2D eigenvalue weighted by Crippen LogP contribution is 2.12. The minimum absolute atomic E-state index is 0.0516. The smallest absolute Gasteiger partial charge is 0.239 e. The summed E-state index contributed by atoms with van der Waals surface area (Å²) < 4.78 is 0. The third kappa shape index (κ3) is 3.07. The SMILES string of the molecule is CCNC1CCN(CCc2ccccc2)C1=O. The van der Waals surface area contributed by atoms with Crippen molar-refractivity contribution in [1.29, 1.82) is 0 Å². The molecule has 1 aromatic rings. The summed E-state index contributed by atoms with van der Waals surface area (Å²) in [7, 11) is 0. The Labute approximate surface area is 103 Å². The summed E-state index contributed by atoms with van der Waals surface area (Å²) in [6.45, 7) is 4.64. The maximum absolute atomic E-state index is 12.0. The first-order valence-electron chi connectivity index (χ1n) is 6.37. The van der Waals surface area contributed by atoms with Gasteiger partial charge in [-0.1, -0.05) is 37.3 Å². The second kappa shape index (κ2) is 5.82. The fourth-order valence-corrected chi connectivity index (χ4v) is 2.31. The summed E-state index contributed by atoms with van der Waals surface area (Å²) in [6, 6.07) is 10.4. The molecule has 1 atom stereocenters. The molecule has 0 bridgehead atoms. The number of nitrogens with one attached hydrogen (secondary N) is 1. The summed E-state index contributed by atoms with van der Waals surface area (Å²) in [5.41, 5.74) is 1.30. The second-order valence-corrected chi connectivity index (χ2v) is 4.46. The van der Waals surface area contributed by atoms with Crippen LogP contribution in [0.4, 0.5) is 0 Å². The zero-order chi connectivity index (χ0) is 12.1. The summed E-state index contributed by atoms with van der Waals surface area (Å²) >= 11 is 0. The van der Waals surface area contributed by atoms with Gasteiger partial charge in [-0.3, -0.25) is 4.79 Å². The van der Waals surface area contributed by atoms with Crippen molar-refractivity contribution in [3.63, 3.8) is 0 Å². The molecule has 3 nitrogen and oxygen atoms in total. The average molecular weight is 232 g/mol. The van der Waals surface area contributed by atoms with E-state index in [0.29, 0.717) is 0 Å². The maximum atomic E-state index is 12.0. The van der Waals surface area contributed by atoms with Crippen LogP contribution in [0.15, 0.2) is 30.3 Å². The Morgan fingerprint density at radius 3 is 2.82 bits per heavy atom. The van der Waals surface area contributed by atoms with Crippen molar-refractivity contribution in [1.82, 2.24) is 10.2 Å². The molecule has 1 aliphatic rings. The lowest BCUT2D eigenvalue weighted by atomic mass is 10.1. The van der Waals surface area contributed by atoms with E-state index >= 15 is 0 Å². The number of carbonyl (C=O) groups is 1. The van der Waals surface area contributed by atoms with Gasteiger partial charge in [-0.25, -0.2) is 0 Å². The molecule has 1 unspecified atom stereocenters. The molecule has 1 heterocycles. The number of hydrogen-bond acceptors (Lipinski definition) is 2. The number of likely N-dealkylation sites (tertiary alicyclic amines) is 1. The molecular formula is C14H20N2O. The van der Waals surface area contributed by atoms with E-state index in [4.69, 9.17) is 0 Å². The van der Waals surface area contributed by atoms with Crippen LogP contribution in [0.1, 0.15) is 18.9 Å². The van der Waals surface area contributed by atoms with Gasteiger partial charge in [0, 0.05) is 13.1 Å². The molecular weight excluding hydrogens is 212 g/mol. The van der Waals surface area contributed by atoms with Crippen LogP contribution >= 0.6 is 0 Å². The van der Waals surface area contributed by atoms with Gasteiger partial charge in [-0.15, -0.1) is 0 Å². The monoisotopic (exact) mass is 232 g/mol. The molecule has 2 rings (SSSR count). The number of likely N-dealkylation sites (N-methyl/N-ethyl adjacent to an activating group) is 1. The summed E-state index contributed by atoms with van der Waals surface area (Å²) in [5, 5.41) is 3.23. The highest BCUT2D eigenvalue weighted by Gasteiger charge is 2.30. The van der Waals surface area contributed by atoms with Gasteiger partial charge in [0.25, 0.3) is 0 Å². The van der Waals surface area contributed by atoms with Gasteiger partial charge in [-0.2, -0.15) is 0 Å². The molecule has 0 spiro atoms. The van der Waals surface area contributed by atoms with Crippen LogP contribution in [0.2, 0.25) is 0 Å². The molecule has 1 amide bonds. The Morgan fingerprint density at radius 2 is 2.12 bits per heavy atom. The van der Waals surface area contributed by atoms with Gasteiger partial charge >= 0.3 is 0 Å². The molecule has 1 aliphatic heterocycles. The number of hydrogen-bond donors (Lipinski definition) is 1. The average Bonchev–Trinajstić information content (AvgIpc) is 2.70. The summed E-state index contributed by atoms with van der Waals surface area (Å²) in [6.07, 6.45) is 1.90. The Hall–Kier alpha value is -1.35. The van der Waals surface area contributed by atoms with Crippen molar-refractivity contribution in [2.24, 2.45) is 0 Å². The lowest BCUT2D eigenvalue weighted by molar-refractivity contribution is -0.129. The fourth-order valence-electron chi connectivity index (χ4n) is 2.31. The Bertz CT molecular complexity index is 364. The molecule has 0 saturated carbocycles. The van der Waals surface area contributed by atoms with Crippen LogP contribution in [0, 0.1) is 0 Å². The molecule has 17 heavy (non-hydrogen) atoms. The Morgan fingerprint density at radius 1 is 1.35 bits per heavy atom. The van der Waals surface area contributed by atoms with E-state index in [1.165, 1.54) is 5.56 Å². The highest BCUT2D eigenvalue weighted by atomic mass is 16.2. The zero-order valence-electron chi connectivity index (χ0n) is 10.4. The van der Waals surface area contributed by atoms with E-state index in [1.807, 2.05) is 30.0 Å². The zero-order valence-corrected chi connectivity index (χ0v) is 10.4. The lowest BCUT2D eigenvalue weighted by Crippen LogP contribution is -2.38. The minimum atomic E-state index is 0.0516. The normalized spacial score (nSPS) is 19.9. The van der Waals surface area contributed by atoms with Crippen molar-refractivity contribution in [3.8, 4) is 0 Å². The lowest BCUT2D eigenvalue weighted by Gasteiger charge is -2.16. The van der Waals surface area contributed by atoms with Gasteiger partial charge < -0.3 is 10.2 Å². The van der Waals surface area contributed by atoms with Crippen LogP contribution in [-0.2, 0) is 11.2 Å². The highest BCUT2D eigenvalue weighted by molar-refractivity contribution is 5.83. The van der Waals surface area contributed by atoms with Gasteiger partial charge in [0.2, 0.25) is 5.91 Å². The fraction of sp³-hybridized carbons (Fsp3) is 0.500. The predicted molar refractivity (Wildman–Crippen MR) is 68.8 cm³/mol. The topological polar surface area (TPSA) is 32.3 Å². The quantitative estimate of drug-likeness (QED) is 0.833. The third-order valence-corrected chi connectivity index (χ3v) is 3.26. The minimum Gasteiger partial charge on any atom is -0.341 e. The van der Waals surface area contributed by atoms with Crippen molar-refractivity contribution >= 4 is 5.91 Å². The van der Waals surface area contributed by atoms with E-state index in [1.54, 1.807) is 0 Å². The van der Waals surface area contributed by atoms with Crippen molar-refractivity contribution in [2.45, 2.75) is 25.8 Å². The second-order valence-electron chi connectivity index (χ2n) is 4.46. The molecule has 1 saturated heterocycles. The number of amides is 1.